The summed E-state index contributed by atoms with van der Waals surface area (Å²) in [7, 11) is 0. The Kier molecular flexibility index (Phi) is 7.05. The molecule has 0 bridgehead atoms. The van der Waals surface area contributed by atoms with Crippen LogP contribution in [0.4, 0.5) is 22.9 Å². The fourth-order valence-corrected chi connectivity index (χ4v) is 3.93. The van der Waals surface area contributed by atoms with E-state index in [0.29, 0.717) is 17.4 Å². The van der Waals surface area contributed by atoms with Crippen LogP contribution in [0.5, 0.6) is 0 Å². The molecule has 7 nitrogen and oxygen atoms in total. The molecule has 0 saturated heterocycles. The fraction of sp³-hybridized carbons (Fsp3) is 0.321. The van der Waals surface area contributed by atoms with Crippen molar-refractivity contribution in [3.8, 4) is 0 Å². The highest BCUT2D eigenvalue weighted by molar-refractivity contribution is 6.08. The SMILES string of the molecule is CCC(C)Nc1cc(NC(=O)c2cccnc2Nc2ccc3cn[nH]c3c2)ccc1C(C)(C)CC. The summed E-state index contributed by atoms with van der Waals surface area (Å²) in [5.74, 6) is 0.269. The number of amides is 1. The van der Waals surface area contributed by atoms with Crippen LogP contribution < -0.4 is 16.0 Å². The largest absolute Gasteiger partial charge is 0.382 e. The average molecular weight is 471 g/mol. The fourth-order valence-electron chi connectivity index (χ4n) is 3.93. The lowest BCUT2D eigenvalue weighted by molar-refractivity contribution is 0.102. The van der Waals surface area contributed by atoms with Gasteiger partial charge in [0.05, 0.1) is 17.3 Å². The zero-order valence-electron chi connectivity index (χ0n) is 21.1. The van der Waals surface area contributed by atoms with Gasteiger partial charge in [-0.05, 0) is 73.2 Å². The Bertz CT molecular complexity index is 1330. The molecule has 1 atom stereocenters. The summed E-state index contributed by atoms with van der Waals surface area (Å²) in [5.41, 5.74) is 5.26. The van der Waals surface area contributed by atoms with Crippen LogP contribution in [0.25, 0.3) is 10.9 Å². The summed E-state index contributed by atoms with van der Waals surface area (Å²) in [4.78, 5) is 17.7. The van der Waals surface area contributed by atoms with E-state index in [-0.39, 0.29) is 11.3 Å². The average Bonchev–Trinajstić information content (AvgIpc) is 3.32. The smallest absolute Gasteiger partial charge is 0.259 e. The third-order valence-electron chi connectivity index (χ3n) is 6.66. The zero-order chi connectivity index (χ0) is 25.0. The normalized spacial score (nSPS) is 12.4. The molecule has 4 rings (SSSR count). The molecule has 182 valence electrons. The minimum absolute atomic E-state index is 0.0224. The maximum atomic E-state index is 13.3. The summed E-state index contributed by atoms with van der Waals surface area (Å²) in [5, 5.41) is 18.0. The number of carbonyl (C=O) groups excluding carboxylic acids is 1. The van der Waals surface area contributed by atoms with Gasteiger partial charge in [-0.2, -0.15) is 5.10 Å². The summed E-state index contributed by atoms with van der Waals surface area (Å²) >= 11 is 0. The van der Waals surface area contributed by atoms with Crippen molar-refractivity contribution in [3.63, 3.8) is 0 Å². The lowest BCUT2D eigenvalue weighted by atomic mass is 9.81. The number of carbonyl (C=O) groups is 1. The van der Waals surface area contributed by atoms with Gasteiger partial charge in [-0.25, -0.2) is 4.98 Å². The van der Waals surface area contributed by atoms with Gasteiger partial charge in [0.15, 0.2) is 0 Å². The van der Waals surface area contributed by atoms with E-state index in [1.54, 1.807) is 24.5 Å². The number of nitrogens with one attached hydrogen (secondary N) is 4. The van der Waals surface area contributed by atoms with E-state index in [1.807, 2.05) is 30.3 Å². The molecule has 4 aromatic rings. The van der Waals surface area contributed by atoms with Crippen LogP contribution in [0.1, 0.15) is 63.4 Å². The van der Waals surface area contributed by atoms with E-state index < -0.39 is 0 Å². The Hall–Kier alpha value is -3.87. The summed E-state index contributed by atoms with van der Waals surface area (Å²) in [6.45, 7) is 11.0. The molecule has 0 aliphatic heterocycles. The Morgan fingerprint density at radius 1 is 1.09 bits per heavy atom. The highest BCUT2D eigenvalue weighted by Gasteiger charge is 2.23. The molecule has 35 heavy (non-hydrogen) atoms. The van der Waals surface area contributed by atoms with Crippen LogP contribution in [-0.2, 0) is 5.41 Å². The number of hydrogen-bond donors (Lipinski definition) is 4. The predicted molar refractivity (Wildman–Crippen MR) is 145 cm³/mol. The molecule has 7 heteroatoms. The van der Waals surface area contributed by atoms with E-state index in [2.05, 4.69) is 71.8 Å². The molecule has 2 aromatic carbocycles. The first-order chi connectivity index (χ1) is 16.8. The molecular formula is C28H34N6O. The van der Waals surface area contributed by atoms with Crippen LogP contribution >= 0.6 is 0 Å². The molecule has 2 heterocycles. The number of anilines is 4. The molecule has 4 N–H and O–H groups in total. The molecular weight excluding hydrogens is 436 g/mol. The molecule has 1 unspecified atom stereocenters. The van der Waals surface area contributed by atoms with Gasteiger partial charge in [0.2, 0.25) is 0 Å². The Balaban J connectivity index is 1.59. The van der Waals surface area contributed by atoms with Crippen molar-refractivity contribution in [1.82, 2.24) is 15.2 Å². The molecule has 0 spiro atoms. The third kappa shape index (κ3) is 5.45. The van der Waals surface area contributed by atoms with Gasteiger partial charge in [-0.15, -0.1) is 0 Å². The zero-order valence-corrected chi connectivity index (χ0v) is 21.1. The van der Waals surface area contributed by atoms with Crippen molar-refractivity contribution in [2.75, 3.05) is 16.0 Å². The van der Waals surface area contributed by atoms with E-state index in [1.165, 1.54) is 5.56 Å². The predicted octanol–water partition coefficient (Wildman–Crippen LogP) is 6.85. The Morgan fingerprint density at radius 3 is 2.66 bits per heavy atom. The van der Waals surface area contributed by atoms with Crippen LogP contribution in [0.2, 0.25) is 0 Å². The van der Waals surface area contributed by atoms with Crippen molar-refractivity contribution in [3.05, 3.63) is 72.1 Å². The summed E-state index contributed by atoms with van der Waals surface area (Å²) in [6, 6.07) is 15.8. The second-order valence-electron chi connectivity index (χ2n) is 9.60. The highest BCUT2D eigenvalue weighted by atomic mass is 16.1. The van der Waals surface area contributed by atoms with Crippen molar-refractivity contribution >= 4 is 39.7 Å². The van der Waals surface area contributed by atoms with Crippen molar-refractivity contribution in [2.24, 2.45) is 0 Å². The number of hydrogen-bond acceptors (Lipinski definition) is 5. The van der Waals surface area contributed by atoms with Crippen LogP contribution in [0.15, 0.2) is 60.9 Å². The quantitative estimate of drug-likeness (QED) is 0.215. The van der Waals surface area contributed by atoms with E-state index in [0.717, 1.165) is 40.8 Å². The topological polar surface area (TPSA) is 94.7 Å². The maximum absolute atomic E-state index is 13.3. The van der Waals surface area contributed by atoms with Crippen LogP contribution in [0, 0.1) is 0 Å². The van der Waals surface area contributed by atoms with E-state index in [4.69, 9.17) is 0 Å². The number of fused-ring (bicyclic) bond motifs is 1. The number of benzene rings is 2. The third-order valence-corrected chi connectivity index (χ3v) is 6.66. The molecule has 0 aliphatic rings. The Morgan fingerprint density at radius 2 is 1.89 bits per heavy atom. The van der Waals surface area contributed by atoms with Crippen molar-refractivity contribution in [1.29, 1.82) is 0 Å². The lowest BCUT2D eigenvalue weighted by Gasteiger charge is -2.28. The van der Waals surface area contributed by atoms with Gasteiger partial charge in [-0.1, -0.05) is 33.8 Å². The van der Waals surface area contributed by atoms with Gasteiger partial charge < -0.3 is 16.0 Å². The number of aromatic nitrogens is 3. The number of rotatable bonds is 9. The van der Waals surface area contributed by atoms with Gasteiger partial charge in [0.25, 0.3) is 5.91 Å². The molecule has 0 aliphatic carbocycles. The van der Waals surface area contributed by atoms with E-state index in [9.17, 15) is 4.79 Å². The summed E-state index contributed by atoms with van der Waals surface area (Å²) < 4.78 is 0. The highest BCUT2D eigenvalue weighted by Crippen LogP contribution is 2.35. The molecule has 0 radical (unpaired) electrons. The first kappa shape index (κ1) is 24.3. The van der Waals surface area contributed by atoms with Crippen molar-refractivity contribution in [2.45, 2.75) is 58.9 Å². The molecule has 0 saturated carbocycles. The maximum Gasteiger partial charge on any atom is 0.259 e. The monoisotopic (exact) mass is 470 g/mol. The number of H-pyrrole nitrogens is 1. The van der Waals surface area contributed by atoms with Crippen LogP contribution in [-0.4, -0.2) is 27.1 Å². The van der Waals surface area contributed by atoms with E-state index >= 15 is 0 Å². The lowest BCUT2D eigenvalue weighted by Crippen LogP contribution is -2.22. The number of nitrogens with zero attached hydrogens (tertiary/aromatic N) is 2. The van der Waals surface area contributed by atoms with Crippen molar-refractivity contribution < 1.29 is 4.79 Å². The number of pyridine rings is 1. The minimum atomic E-state index is -0.222. The van der Waals surface area contributed by atoms with Gasteiger partial charge in [-0.3, -0.25) is 9.89 Å². The second kappa shape index (κ2) is 10.2. The molecule has 2 aromatic heterocycles. The second-order valence-corrected chi connectivity index (χ2v) is 9.60. The van der Waals surface area contributed by atoms with Gasteiger partial charge in [0.1, 0.15) is 5.82 Å². The van der Waals surface area contributed by atoms with Crippen LogP contribution in [0.3, 0.4) is 0 Å². The first-order valence-electron chi connectivity index (χ1n) is 12.2. The summed E-state index contributed by atoms with van der Waals surface area (Å²) in [6.07, 6.45) is 5.47. The first-order valence-corrected chi connectivity index (χ1v) is 12.2. The molecule has 1 amide bonds. The van der Waals surface area contributed by atoms with Gasteiger partial charge >= 0.3 is 0 Å². The molecule has 0 fully saturated rings. The Labute approximate surface area is 206 Å². The number of aromatic amines is 1. The standard InChI is InChI=1S/C28H34N6O/c1-6-18(3)31-25-16-21(12-13-23(25)28(4,5)7-2)33-27(35)22-9-8-14-29-26(22)32-20-11-10-19-17-30-34-24(19)15-20/h8-18,31H,6-7H2,1-5H3,(H,29,32)(H,30,34)(H,33,35). The minimum Gasteiger partial charge on any atom is -0.382 e. The van der Waals surface area contributed by atoms with Gasteiger partial charge in [0, 0.05) is 34.7 Å².